The minimum atomic E-state index is -4.99. The molecule has 1 aromatic rings. The zero-order chi connectivity index (χ0) is 10.6. The van der Waals surface area contributed by atoms with Gasteiger partial charge in [0.05, 0.1) is 6.07 Å². The summed E-state index contributed by atoms with van der Waals surface area (Å²) in [5.74, 6) is -1.61. The van der Waals surface area contributed by atoms with Crippen LogP contribution in [-0.2, 0) is 0 Å². The fourth-order valence-electron chi connectivity index (χ4n) is 1.27. The average Bonchev–Trinajstić information content (AvgIpc) is 2.14. The molecular formula is C9H8BF3KN. The van der Waals surface area contributed by atoms with Gasteiger partial charge in [-0.3, -0.25) is 0 Å². The SMILES string of the molecule is N#CCC(c1ccccc1)[B-](F)(F)F.[K+]. The van der Waals surface area contributed by atoms with E-state index >= 15 is 0 Å². The maximum Gasteiger partial charge on any atom is 1.00 e. The molecule has 0 N–H and O–H groups in total. The van der Waals surface area contributed by atoms with Crippen LogP contribution in [-0.4, -0.2) is 6.98 Å². The molecule has 0 saturated heterocycles. The van der Waals surface area contributed by atoms with Gasteiger partial charge < -0.3 is 12.9 Å². The third-order valence-electron chi connectivity index (χ3n) is 2.00. The average molecular weight is 237 g/mol. The van der Waals surface area contributed by atoms with Crippen LogP contribution in [0.15, 0.2) is 30.3 Å². The zero-order valence-electron chi connectivity index (χ0n) is 8.33. The van der Waals surface area contributed by atoms with E-state index in [4.69, 9.17) is 5.26 Å². The molecule has 0 aliphatic rings. The summed E-state index contributed by atoms with van der Waals surface area (Å²) in [5.41, 5.74) is 0.168. The maximum absolute atomic E-state index is 12.5. The number of hydrogen-bond donors (Lipinski definition) is 0. The van der Waals surface area contributed by atoms with Gasteiger partial charge >= 0.3 is 58.4 Å². The van der Waals surface area contributed by atoms with E-state index in [1.807, 2.05) is 0 Å². The Hall–Kier alpha value is 0.201. The first kappa shape index (κ1) is 15.2. The van der Waals surface area contributed by atoms with E-state index in [9.17, 15) is 12.9 Å². The molecule has 1 aromatic carbocycles. The molecule has 0 radical (unpaired) electrons. The molecule has 0 amide bonds. The van der Waals surface area contributed by atoms with E-state index in [-0.39, 0.29) is 56.9 Å². The van der Waals surface area contributed by atoms with E-state index in [1.54, 1.807) is 24.3 Å². The molecule has 0 bridgehead atoms. The second-order valence-corrected chi connectivity index (χ2v) is 3.00. The molecule has 6 heteroatoms. The van der Waals surface area contributed by atoms with Crippen LogP contribution in [0.1, 0.15) is 17.8 Å². The summed E-state index contributed by atoms with van der Waals surface area (Å²) >= 11 is 0. The minimum absolute atomic E-state index is 0. The molecule has 1 unspecified atom stereocenters. The Morgan fingerprint density at radius 3 is 2.13 bits per heavy atom. The minimum Gasteiger partial charge on any atom is -0.448 e. The zero-order valence-corrected chi connectivity index (χ0v) is 11.5. The summed E-state index contributed by atoms with van der Waals surface area (Å²) in [4.78, 5) is 0. The van der Waals surface area contributed by atoms with Gasteiger partial charge in [-0.05, 0) is 5.82 Å². The first-order valence-electron chi connectivity index (χ1n) is 4.17. The summed E-state index contributed by atoms with van der Waals surface area (Å²) < 4.78 is 37.5. The van der Waals surface area contributed by atoms with Gasteiger partial charge in [-0.2, -0.15) is 5.26 Å². The van der Waals surface area contributed by atoms with E-state index in [0.29, 0.717) is 0 Å². The molecule has 0 spiro atoms. The number of benzene rings is 1. The summed E-state index contributed by atoms with van der Waals surface area (Å²) in [5, 5.41) is 8.32. The second-order valence-electron chi connectivity index (χ2n) is 3.00. The second kappa shape index (κ2) is 6.71. The Labute approximate surface area is 129 Å². The molecule has 0 saturated carbocycles. The molecule has 1 atom stereocenters. The van der Waals surface area contributed by atoms with Crippen molar-refractivity contribution in [1.29, 1.82) is 5.26 Å². The number of nitriles is 1. The Morgan fingerprint density at radius 1 is 1.20 bits per heavy atom. The van der Waals surface area contributed by atoms with Crippen molar-refractivity contribution in [2.75, 3.05) is 0 Å². The van der Waals surface area contributed by atoms with Crippen LogP contribution >= 0.6 is 0 Å². The van der Waals surface area contributed by atoms with Crippen molar-refractivity contribution < 1.29 is 64.3 Å². The van der Waals surface area contributed by atoms with Crippen LogP contribution in [0.3, 0.4) is 0 Å². The molecule has 0 aliphatic heterocycles. The Kier molecular flexibility index (Phi) is 6.80. The van der Waals surface area contributed by atoms with Gasteiger partial charge in [0, 0.05) is 6.42 Å². The Morgan fingerprint density at radius 2 is 1.73 bits per heavy atom. The number of rotatable bonds is 3. The van der Waals surface area contributed by atoms with Crippen LogP contribution < -0.4 is 51.4 Å². The summed E-state index contributed by atoms with van der Waals surface area (Å²) in [6.45, 7) is -4.99. The number of nitrogens with zero attached hydrogens (tertiary/aromatic N) is 1. The molecule has 0 fully saturated rings. The molecule has 15 heavy (non-hydrogen) atoms. The standard InChI is InChI=1S/C9H8BF3N.K/c11-10(12,13)9(6-7-14)8-4-2-1-3-5-8;/h1-5,9H,6H2;/q-1;+1. The van der Waals surface area contributed by atoms with Gasteiger partial charge in [0.15, 0.2) is 0 Å². The largest absolute Gasteiger partial charge is 1.00 e. The van der Waals surface area contributed by atoms with Gasteiger partial charge in [0.2, 0.25) is 0 Å². The van der Waals surface area contributed by atoms with Crippen LogP contribution in [0.5, 0.6) is 0 Å². The normalized spacial score (nSPS) is 12.4. The molecule has 1 nitrogen and oxygen atoms in total. The number of halogens is 3. The topological polar surface area (TPSA) is 23.8 Å². The summed E-state index contributed by atoms with van der Waals surface area (Å²) in [6.07, 6.45) is -0.506. The molecule has 74 valence electrons. The van der Waals surface area contributed by atoms with Crippen molar-refractivity contribution in [2.24, 2.45) is 0 Å². The third-order valence-corrected chi connectivity index (χ3v) is 2.00. The van der Waals surface area contributed by atoms with Gasteiger partial charge in [0.1, 0.15) is 0 Å². The monoisotopic (exact) mass is 237 g/mol. The molecular weight excluding hydrogens is 229 g/mol. The van der Waals surface area contributed by atoms with Crippen molar-refractivity contribution in [1.82, 2.24) is 0 Å². The Bertz CT molecular complexity index is 333. The summed E-state index contributed by atoms with van der Waals surface area (Å²) in [6, 6.07) is 9.10. The van der Waals surface area contributed by atoms with Crippen LogP contribution in [0.4, 0.5) is 12.9 Å². The van der Waals surface area contributed by atoms with Crippen molar-refractivity contribution in [3.63, 3.8) is 0 Å². The predicted octanol–water partition coefficient (Wildman–Crippen LogP) is 0.0745. The third kappa shape index (κ3) is 4.70. The molecule has 0 aliphatic carbocycles. The van der Waals surface area contributed by atoms with Gasteiger partial charge in [-0.25, -0.2) is 0 Å². The van der Waals surface area contributed by atoms with Crippen molar-refractivity contribution in [3.8, 4) is 6.07 Å². The first-order valence-corrected chi connectivity index (χ1v) is 4.17. The van der Waals surface area contributed by atoms with Crippen molar-refractivity contribution in [3.05, 3.63) is 35.9 Å². The first-order chi connectivity index (χ1) is 6.55. The van der Waals surface area contributed by atoms with Crippen molar-refractivity contribution in [2.45, 2.75) is 12.2 Å². The van der Waals surface area contributed by atoms with Crippen LogP contribution in [0, 0.1) is 11.3 Å². The number of hydrogen-bond acceptors (Lipinski definition) is 1. The Balaban J connectivity index is 0.00000196. The maximum atomic E-state index is 12.5. The molecule has 0 aromatic heterocycles. The smallest absolute Gasteiger partial charge is 0.448 e. The van der Waals surface area contributed by atoms with E-state index < -0.39 is 19.2 Å². The fraction of sp³-hybridized carbons (Fsp3) is 0.222. The predicted molar refractivity (Wildman–Crippen MR) is 48.5 cm³/mol. The summed E-state index contributed by atoms with van der Waals surface area (Å²) in [7, 11) is 0. The molecule has 0 heterocycles. The van der Waals surface area contributed by atoms with Crippen LogP contribution in [0.2, 0.25) is 0 Å². The van der Waals surface area contributed by atoms with Gasteiger partial charge in [0.25, 0.3) is 0 Å². The quantitative estimate of drug-likeness (QED) is 0.683. The van der Waals surface area contributed by atoms with E-state index in [2.05, 4.69) is 0 Å². The van der Waals surface area contributed by atoms with Crippen molar-refractivity contribution >= 4 is 6.98 Å². The van der Waals surface area contributed by atoms with Gasteiger partial charge in [-0.15, -0.1) is 0 Å². The van der Waals surface area contributed by atoms with E-state index in [1.165, 1.54) is 12.1 Å². The van der Waals surface area contributed by atoms with Crippen LogP contribution in [0.25, 0.3) is 0 Å². The van der Waals surface area contributed by atoms with Gasteiger partial charge in [-0.1, -0.05) is 35.9 Å². The van der Waals surface area contributed by atoms with E-state index in [0.717, 1.165) is 0 Å². The fourth-order valence-corrected chi connectivity index (χ4v) is 1.27. The molecule has 1 rings (SSSR count).